The van der Waals surface area contributed by atoms with Gasteiger partial charge in [0, 0.05) is 42.0 Å². The molecule has 0 unspecified atom stereocenters. The lowest BCUT2D eigenvalue weighted by atomic mass is 10.2. The van der Waals surface area contributed by atoms with Crippen LogP contribution in [0.5, 0.6) is 0 Å². The Morgan fingerprint density at radius 3 is 2.71 bits per heavy atom. The fraction of sp³-hybridized carbons (Fsp3) is 0.429. The molecule has 1 fully saturated rings. The molecular weight excluding hydrogens is 228 g/mol. The Kier molecular flexibility index (Phi) is 3.04. The Morgan fingerprint density at radius 2 is 1.94 bits per heavy atom. The number of rotatable bonds is 2. The quantitative estimate of drug-likeness (QED) is 0.803. The predicted octanol–water partition coefficient (Wildman–Crippen LogP) is 3.04. The van der Waals surface area contributed by atoms with Crippen molar-refractivity contribution in [1.82, 2.24) is 4.90 Å². The maximum atomic E-state index is 2.53. The second-order valence-corrected chi connectivity index (χ2v) is 5.48. The van der Waals surface area contributed by atoms with Gasteiger partial charge < -0.3 is 9.80 Å². The van der Waals surface area contributed by atoms with Gasteiger partial charge in [0.15, 0.2) is 0 Å². The molecule has 1 saturated heterocycles. The highest BCUT2D eigenvalue weighted by Crippen LogP contribution is 2.30. The van der Waals surface area contributed by atoms with E-state index in [0.717, 1.165) is 13.1 Å². The minimum Gasteiger partial charge on any atom is -0.368 e. The highest BCUT2D eigenvalue weighted by molar-refractivity contribution is 7.17. The summed E-state index contributed by atoms with van der Waals surface area (Å²) in [4.78, 5) is 5.05. The third-order valence-corrected chi connectivity index (χ3v) is 4.52. The zero-order valence-electron chi connectivity index (χ0n) is 10.2. The van der Waals surface area contributed by atoms with Crippen LogP contribution in [-0.2, 0) is 0 Å². The Bertz CT molecular complexity index is 498. The van der Waals surface area contributed by atoms with Crippen molar-refractivity contribution in [2.24, 2.45) is 0 Å². The number of fused-ring (bicyclic) bond motifs is 1. The first kappa shape index (κ1) is 11.1. The number of thiophene rings is 1. The standard InChI is InChI=1S/C14H18N2S/c1-2-15-7-9-16(10-8-15)13-4-3-5-14-12(13)6-11-17-14/h3-6,11H,2,7-10H2,1H3. The first-order chi connectivity index (χ1) is 8.38. The molecule has 0 amide bonds. The minimum atomic E-state index is 1.16. The SMILES string of the molecule is CCN1CCN(c2cccc3sccc23)CC1. The molecule has 1 aliphatic heterocycles. The van der Waals surface area contributed by atoms with Crippen LogP contribution in [0.25, 0.3) is 10.1 Å². The van der Waals surface area contributed by atoms with Crippen molar-refractivity contribution in [1.29, 1.82) is 0 Å². The van der Waals surface area contributed by atoms with Crippen molar-refractivity contribution in [2.45, 2.75) is 6.92 Å². The lowest BCUT2D eigenvalue weighted by molar-refractivity contribution is 0.271. The van der Waals surface area contributed by atoms with Crippen molar-refractivity contribution in [3.63, 3.8) is 0 Å². The molecule has 2 heterocycles. The van der Waals surface area contributed by atoms with Crippen LogP contribution in [0, 0.1) is 0 Å². The summed E-state index contributed by atoms with van der Waals surface area (Å²) in [5.41, 5.74) is 1.42. The molecule has 3 rings (SSSR count). The zero-order valence-corrected chi connectivity index (χ0v) is 11.0. The molecule has 3 heteroatoms. The van der Waals surface area contributed by atoms with Crippen molar-refractivity contribution in [2.75, 3.05) is 37.6 Å². The summed E-state index contributed by atoms with van der Waals surface area (Å²) in [6, 6.07) is 8.91. The molecule has 0 bridgehead atoms. The lowest BCUT2D eigenvalue weighted by Crippen LogP contribution is -2.46. The van der Waals surface area contributed by atoms with E-state index in [1.807, 2.05) is 11.3 Å². The summed E-state index contributed by atoms with van der Waals surface area (Å²) < 4.78 is 1.40. The summed E-state index contributed by atoms with van der Waals surface area (Å²) in [6.07, 6.45) is 0. The molecule has 1 aliphatic rings. The normalized spacial score (nSPS) is 17.8. The third-order valence-electron chi connectivity index (χ3n) is 3.63. The smallest absolute Gasteiger partial charge is 0.0455 e. The molecule has 90 valence electrons. The van der Waals surface area contributed by atoms with Crippen LogP contribution in [0.15, 0.2) is 29.6 Å². The van der Waals surface area contributed by atoms with Crippen molar-refractivity contribution in [3.05, 3.63) is 29.6 Å². The van der Waals surface area contributed by atoms with Crippen LogP contribution in [0.3, 0.4) is 0 Å². The monoisotopic (exact) mass is 246 g/mol. The van der Waals surface area contributed by atoms with E-state index < -0.39 is 0 Å². The molecule has 17 heavy (non-hydrogen) atoms. The largest absolute Gasteiger partial charge is 0.368 e. The van der Waals surface area contributed by atoms with Gasteiger partial charge in [-0.15, -0.1) is 11.3 Å². The summed E-state index contributed by atoms with van der Waals surface area (Å²) in [5, 5.41) is 3.61. The van der Waals surface area contributed by atoms with Gasteiger partial charge in [-0.2, -0.15) is 0 Å². The van der Waals surface area contributed by atoms with E-state index in [1.54, 1.807) is 0 Å². The fourth-order valence-corrected chi connectivity index (χ4v) is 3.37. The van der Waals surface area contributed by atoms with Crippen LogP contribution in [0.2, 0.25) is 0 Å². The summed E-state index contributed by atoms with van der Waals surface area (Å²) in [6.45, 7) is 8.12. The Hall–Kier alpha value is -1.06. The number of piperazine rings is 1. The van der Waals surface area contributed by atoms with Gasteiger partial charge >= 0.3 is 0 Å². The van der Waals surface area contributed by atoms with Gasteiger partial charge in [-0.05, 0) is 30.1 Å². The van der Waals surface area contributed by atoms with E-state index in [9.17, 15) is 0 Å². The Labute approximate surface area is 106 Å². The molecule has 2 nitrogen and oxygen atoms in total. The van der Waals surface area contributed by atoms with Crippen molar-refractivity contribution >= 4 is 27.1 Å². The summed E-state index contributed by atoms with van der Waals surface area (Å²) >= 11 is 1.83. The fourth-order valence-electron chi connectivity index (χ4n) is 2.56. The molecule has 0 radical (unpaired) electrons. The summed E-state index contributed by atoms with van der Waals surface area (Å²) in [5.74, 6) is 0. The third kappa shape index (κ3) is 2.05. The van der Waals surface area contributed by atoms with E-state index in [0.29, 0.717) is 0 Å². The molecular formula is C14H18N2S. The number of likely N-dealkylation sites (N-methyl/N-ethyl adjacent to an activating group) is 1. The highest BCUT2D eigenvalue weighted by Gasteiger charge is 2.17. The molecule has 1 aromatic carbocycles. The average Bonchev–Trinajstić information content (AvgIpc) is 2.87. The van der Waals surface area contributed by atoms with Crippen LogP contribution < -0.4 is 4.90 Å². The van der Waals surface area contributed by atoms with Crippen molar-refractivity contribution < 1.29 is 0 Å². The number of hydrogen-bond donors (Lipinski definition) is 0. The van der Waals surface area contributed by atoms with Gasteiger partial charge in [0.2, 0.25) is 0 Å². The van der Waals surface area contributed by atoms with E-state index in [-0.39, 0.29) is 0 Å². The van der Waals surface area contributed by atoms with Gasteiger partial charge in [-0.1, -0.05) is 13.0 Å². The molecule has 0 saturated carbocycles. The van der Waals surface area contributed by atoms with Crippen LogP contribution in [0.1, 0.15) is 6.92 Å². The van der Waals surface area contributed by atoms with Crippen LogP contribution in [-0.4, -0.2) is 37.6 Å². The number of benzene rings is 1. The zero-order chi connectivity index (χ0) is 11.7. The van der Waals surface area contributed by atoms with E-state index in [4.69, 9.17) is 0 Å². The molecule has 0 N–H and O–H groups in total. The van der Waals surface area contributed by atoms with Gasteiger partial charge in [0.25, 0.3) is 0 Å². The first-order valence-corrected chi connectivity index (χ1v) is 7.20. The maximum absolute atomic E-state index is 2.53. The predicted molar refractivity (Wildman–Crippen MR) is 76.2 cm³/mol. The Morgan fingerprint density at radius 1 is 1.12 bits per heavy atom. The van der Waals surface area contributed by atoms with Crippen LogP contribution in [0.4, 0.5) is 5.69 Å². The average molecular weight is 246 g/mol. The van der Waals surface area contributed by atoms with E-state index in [1.165, 1.54) is 35.4 Å². The molecule has 0 aliphatic carbocycles. The van der Waals surface area contributed by atoms with Crippen LogP contribution >= 0.6 is 11.3 Å². The van der Waals surface area contributed by atoms with Gasteiger partial charge in [-0.25, -0.2) is 0 Å². The van der Waals surface area contributed by atoms with Gasteiger partial charge in [0.05, 0.1) is 0 Å². The number of anilines is 1. The van der Waals surface area contributed by atoms with Gasteiger partial charge in [-0.3, -0.25) is 0 Å². The van der Waals surface area contributed by atoms with Gasteiger partial charge in [0.1, 0.15) is 0 Å². The van der Waals surface area contributed by atoms with E-state index in [2.05, 4.69) is 46.4 Å². The molecule has 2 aromatic rings. The second-order valence-electron chi connectivity index (χ2n) is 4.53. The number of nitrogens with zero attached hydrogens (tertiary/aromatic N) is 2. The second kappa shape index (κ2) is 4.67. The first-order valence-electron chi connectivity index (χ1n) is 6.32. The number of hydrogen-bond acceptors (Lipinski definition) is 3. The van der Waals surface area contributed by atoms with Crippen molar-refractivity contribution in [3.8, 4) is 0 Å². The minimum absolute atomic E-state index is 1.16. The molecule has 0 spiro atoms. The molecule has 1 aromatic heterocycles. The summed E-state index contributed by atoms with van der Waals surface area (Å²) in [7, 11) is 0. The molecule has 0 atom stereocenters. The van der Waals surface area contributed by atoms with E-state index >= 15 is 0 Å². The maximum Gasteiger partial charge on any atom is 0.0455 e. The highest BCUT2D eigenvalue weighted by atomic mass is 32.1. The lowest BCUT2D eigenvalue weighted by Gasteiger charge is -2.35. The Balaban J connectivity index is 1.87. The topological polar surface area (TPSA) is 6.48 Å².